The van der Waals surface area contributed by atoms with Crippen LogP contribution >= 0.6 is 0 Å². The zero-order valence-corrected chi connectivity index (χ0v) is 19.0. The Balaban J connectivity index is 0.000000968. The van der Waals surface area contributed by atoms with Gasteiger partial charge >= 0.3 is 6.61 Å². The summed E-state index contributed by atoms with van der Waals surface area (Å²) in [4.78, 5) is 21.9. The van der Waals surface area contributed by atoms with Gasteiger partial charge in [-0.15, -0.1) is 0 Å². The number of rotatable bonds is 4. The number of carbonyl (C=O) groups excluding carboxylic acids is 1. The van der Waals surface area contributed by atoms with Gasteiger partial charge in [0.2, 0.25) is 6.41 Å². The molecule has 178 valence electrons. The Labute approximate surface area is 191 Å². The average molecular weight is 483 g/mol. The first-order valence-corrected chi connectivity index (χ1v) is 11.5. The second kappa shape index (κ2) is 9.86. The Hall–Kier alpha value is -3.02. The van der Waals surface area contributed by atoms with Gasteiger partial charge in [-0.3, -0.25) is 19.1 Å². The van der Waals surface area contributed by atoms with E-state index in [-0.39, 0.29) is 33.3 Å². The van der Waals surface area contributed by atoms with Gasteiger partial charge < -0.3 is 16.2 Å². The van der Waals surface area contributed by atoms with Crippen LogP contribution in [-0.2, 0) is 21.0 Å². The lowest BCUT2D eigenvalue weighted by Gasteiger charge is -2.43. The molecule has 3 atom stereocenters. The van der Waals surface area contributed by atoms with E-state index in [0.717, 1.165) is 19.4 Å². The van der Waals surface area contributed by atoms with Crippen LogP contribution in [0, 0.1) is 5.82 Å². The number of fused-ring (bicyclic) bond motifs is 1. The molecule has 0 fully saturated rings. The molecule has 12 heteroatoms. The number of nitrogens with two attached hydrogens (primary N) is 2. The summed E-state index contributed by atoms with van der Waals surface area (Å²) in [6.45, 7) is 1.73. The molecule has 33 heavy (non-hydrogen) atoms. The van der Waals surface area contributed by atoms with Crippen molar-refractivity contribution in [1.82, 2.24) is 9.97 Å². The average Bonchev–Trinajstić information content (AvgIpc) is 2.76. The molecule has 3 unspecified atom stereocenters. The van der Waals surface area contributed by atoms with Crippen molar-refractivity contribution < 1.29 is 22.7 Å². The van der Waals surface area contributed by atoms with Crippen molar-refractivity contribution in [3.63, 3.8) is 0 Å². The molecule has 2 aliphatic rings. The second-order valence-corrected chi connectivity index (χ2v) is 10.1. The highest BCUT2D eigenvalue weighted by molar-refractivity contribution is 7.89. The largest absolute Gasteiger partial charge is 0.433 e. The summed E-state index contributed by atoms with van der Waals surface area (Å²) in [6.07, 6.45) is 3.31. The molecule has 4 rings (SSSR count). The number of primary amides is 1. The van der Waals surface area contributed by atoms with Crippen molar-refractivity contribution in [3.8, 4) is 17.1 Å². The number of pyridine rings is 2. The van der Waals surface area contributed by atoms with Crippen LogP contribution in [0.15, 0.2) is 39.8 Å². The summed E-state index contributed by atoms with van der Waals surface area (Å²) in [7, 11) is -0.377. The fourth-order valence-electron chi connectivity index (χ4n) is 3.78. The van der Waals surface area contributed by atoms with E-state index in [4.69, 9.17) is 19.9 Å². The molecule has 0 aliphatic carbocycles. The van der Waals surface area contributed by atoms with E-state index in [1.165, 1.54) is 30.5 Å². The third kappa shape index (κ3) is 5.15. The SMILES string of the molecule is CC1(c2nc(-c3ccc(OC(F)F)cn3)ccc2F)CS2=NCCCC2(C)C(N)=N1.NC=O. The molecular formula is C21H25F3N6O2S. The minimum atomic E-state index is -2.93. The predicted molar refractivity (Wildman–Crippen MR) is 120 cm³/mol. The number of hydrogen-bond donors (Lipinski definition) is 2. The number of ether oxygens (including phenoxy) is 1. The van der Waals surface area contributed by atoms with Crippen molar-refractivity contribution in [1.29, 1.82) is 0 Å². The Morgan fingerprint density at radius 1 is 1.21 bits per heavy atom. The molecule has 0 bridgehead atoms. The number of amides is 1. The highest BCUT2D eigenvalue weighted by Gasteiger charge is 2.46. The fraction of sp³-hybridized carbons (Fsp3) is 0.429. The monoisotopic (exact) mass is 482 g/mol. The summed E-state index contributed by atoms with van der Waals surface area (Å²) in [6, 6.07) is 5.67. The third-order valence-corrected chi connectivity index (χ3v) is 8.27. The highest BCUT2D eigenvalue weighted by Crippen LogP contribution is 2.40. The van der Waals surface area contributed by atoms with Gasteiger partial charge in [0.1, 0.15) is 28.6 Å². The third-order valence-electron chi connectivity index (χ3n) is 5.49. The molecule has 0 radical (unpaired) electrons. The first-order valence-electron chi connectivity index (χ1n) is 10.1. The van der Waals surface area contributed by atoms with Crippen LogP contribution in [0.4, 0.5) is 13.2 Å². The quantitative estimate of drug-likeness (QED) is 0.648. The molecule has 0 saturated heterocycles. The summed E-state index contributed by atoms with van der Waals surface area (Å²) in [5.74, 6) is 0.472. The van der Waals surface area contributed by atoms with Crippen LogP contribution in [0.25, 0.3) is 11.4 Å². The van der Waals surface area contributed by atoms with Crippen LogP contribution in [-0.4, -0.2) is 45.9 Å². The molecule has 0 saturated carbocycles. The number of nitrogens with zero attached hydrogens (tertiary/aromatic N) is 4. The van der Waals surface area contributed by atoms with Gasteiger partial charge in [0, 0.05) is 12.3 Å². The fourth-order valence-corrected chi connectivity index (χ4v) is 6.22. The van der Waals surface area contributed by atoms with Gasteiger partial charge in [-0.1, -0.05) is 10.7 Å². The smallest absolute Gasteiger partial charge is 0.387 e. The maximum absolute atomic E-state index is 14.8. The molecule has 4 heterocycles. The molecule has 1 amide bonds. The number of hydrogen-bond acceptors (Lipinski definition) is 7. The Kier molecular flexibility index (Phi) is 7.35. The van der Waals surface area contributed by atoms with Crippen LogP contribution in [0.2, 0.25) is 0 Å². The van der Waals surface area contributed by atoms with Crippen molar-refractivity contribution in [2.75, 3.05) is 12.3 Å². The van der Waals surface area contributed by atoms with Gasteiger partial charge in [-0.25, -0.2) is 9.37 Å². The zero-order valence-electron chi connectivity index (χ0n) is 18.2. The molecule has 0 aromatic carbocycles. The molecule has 4 N–H and O–H groups in total. The molecule has 8 nitrogen and oxygen atoms in total. The van der Waals surface area contributed by atoms with E-state index in [2.05, 4.69) is 27.4 Å². The lowest BCUT2D eigenvalue weighted by molar-refractivity contribution is -0.106. The van der Waals surface area contributed by atoms with Crippen LogP contribution in [0.3, 0.4) is 0 Å². The van der Waals surface area contributed by atoms with Gasteiger partial charge in [0.05, 0.1) is 22.3 Å². The Morgan fingerprint density at radius 2 is 1.91 bits per heavy atom. The number of carbonyl (C=O) groups is 1. The van der Waals surface area contributed by atoms with Crippen molar-refractivity contribution in [2.24, 2.45) is 20.8 Å². The minimum Gasteiger partial charge on any atom is -0.433 e. The van der Waals surface area contributed by atoms with E-state index in [1.807, 2.05) is 6.92 Å². The molecule has 2 aromatic heterocycles. The number of aromatic nitrogens is 2. The van der Waals surface area contributed by atoms with Gasteiger partial charge in [-0.2, -0.15) is 8.78 Å². The van der Waals surface area contributed by atoms with Crippen LogP contribution < -0.4 is 16.2 Å². The predicted octanol–water partition coefficient (Wildman–Crippen LogP) is 2.93. The Bertz CT molecular complexity index is 1080. The van der Waals surface area contributed by atoms with Gasteiger partial charge in [0.25, 0.3) is 0 Å². The van der Waals surface area contributed by atoms with Crippen LogP contribution in [0.1, 0.15) is 32.4 Å². The number of amidine groups is 1. The summed E-state index contributed by atoms with van der Waals surface area (Å²) in [5.41, 5.74) is 10.6. The van der Waals surface area contributed by atoms with Gasteiger partial charge in [0.15, 0.2) is 0 Å². The summed E-state index contributed by atoms with van der Waals surface area (Å²) in [5, 5.41) is 0. The van der Waals surface area contributed by atoms with Crippen molar-refractivity contribution >= 4 is 22.9 Å². The molecular weight excluding hydrogens is 457 g/mol. The molecule has 2 aliphatic heterocycles. The first kappa shape index (κ1) is 24.6. The van der Waals surface area contributed by atoms with Gasteiger partial charge in [-0.05, 0) is 51.0 Å². The highest BCUT2D eigenvalue weighted by atomic mass is 32.2. The van der Waals surface area contributed by atoms with E-state index < -0.39 is 18.0 Å². The number of alkyl halides is 2. The summed E-state index contributed by atoms with van der Waals surface area (Å²) < 4.78 is 48.3. The summed E-state index contributed by atoms with van der Waals surface area (Å²) >= 11 is 0. The van der Waals surface area contributed by atoms with E-state index in [1.54, 1.807) is 0 Å². The van der Waals surface area contributed by atoms with E-state index in [0.29, 0.717) is 23.0 Å². The lowest BCUT2D eigenvalue weighted by atomic mass is 9.96. The molecule has 2 aromatic rings. The Morgan fingerprint density at radius 3 is 2.55 bits per heavy atom. The number of halogens is 3. The van der Waals surface area contributed by atoms with Crippen molar-refractivity contribution in [2.45, 2.75) is 43.6 Å². The second-order valence-electron chi connectivity index (χ2n) is 7.89. The lowest BCUT2D eigenvalue weighted by Crippen LogP contribution is -2.55. The topological polar surface area (TPSA) is 129 Å². The first-order chi connectivity index (χ1) is 15.6. The van der Waals surface area contributed by atoms with Crippen LogP contribution in [0.5, 0.6) is 5.75 Å². The van der Waals surface area contributed by atoms with E-state index in [9.17, 15) is 13.2 Å². The minimum absolute atomic E-state index is 0.0629. The zero-order chi connectivity index (χ0) is 24.2. The normalized spacial score (nSPS) is 26.2. The maximum Gasteiger partial charge on any atom is 0.387 e. The standard InChI is InChI=1S/C20H22F3N5OS.CH3NO/c1-19(11-30-20(2,17(24)28-19)8-3-9-26-30)16-13(21)5-7-15(27-16)14-6-4-12(10-25-14)29-18(22)23;2-1-3/h4-7,10,18H,3,8-9,11H2,1-2H3,(H2,24,28);1H,(H2,2,3). The van der Waals surface area contributed by atoms with E-state index >= 15 is 0 Å². The maximum atomic E-state index is 14.8. The number of aliphatic imine (C=N–C) groups is 1. The van der Waals surface area contributed by atoms with Crippen molar-refractivity contribution in [3.05, 3.63) is 42.0 Å². The molecule has 0 spiro atoms.